The third-order valence-electron chi connectivity index (χ3n) is 3.15. The molecule has 1 fully saturated rings. The zero-order valence-electron chi connectivity index (χ0n) is 11.3. The SMILES string of the molecule is Nc1nc(N2CCNCC2)sc1C(=O)NCc1cscn1. The molecule has 3 heterocycles. The van der Waals surface area contributed by atoms with Crippen molar-refractivity contribution < 1.29 is 4.79 Å². The number of nitrogens with one attached hydrogen (secondary N) is 2. The second-order valence-corrected chi connectivity index (χ2v) is 6.31. The molecule has 4 N–H and O–H groups in total. The summed E-state index contributed by atoms with van der Waals surface area (Å²) in [7, 11) is 0. The van der Waals surface area contributed by atoms with Crippen LogP contribution in [0.25, 0.3) is 0 Å². The molecule has 2 aromatic rings. The normalized spacial score (nSPS) is 15.1. The maximum atomic E-state index is 12.2. The molecule has 9 heteroatoms. The number of hydrogen-bond acceptors (Lipinski definition) is 8. The molecule has 7 nitrogen and oxygen atoms in total. The molecule has 1 amide bonds. The largest absolute Gasteiger partial charge is 0.382 e. The molecule has 1 aliphatic rings. The predicted octanol–water partition coefficient (Wildman–Crippen LogP) is 0.521. The third kappa shape index (κ3) is 3.31. The second-order valence-electron chi connectivity index (χ2n) is 4.61. The van der Waals surface area contributed by atoms with Crippen LogP contribution in [0.5, 0.6) is 0 Å². The first-order valence-corrected chi connectivity index (χ1v) is 8.37. The van der Waals surface area contributed by atoms with Crippen molar-refractivity contribution in [3.05, 3.63) is 21.5 Å². The Bertz CT molecular complexity index is 605. The van der Waals surface area contributed by atoms with E-state index < -0.39 is 0 Å². The lowest BCUT2D eigenvalue weighted by molar-refractivity contribution is 0.0955. The number of nitrogens with two attached hydrogens (primary N) is 1. The van der Waals surface area contributed by atoms with E-state index in [0.717, 1.165) is 37.0 Å². The molecule has 3 rings (SSSR count). The Balaban J connectivity index is 1.66. The molecule has 0 radical (unpaired) electrons. The summed E-state index contributed by atoms with van der Waals surface area (Å²) < 4.78 is 0. The number of thiazole rings is 2. The minimum atomic E-state index is -0.195. The monoisotopic (exact) mass is 324 g/mol. The van der Waals surface area contributed by atoms with Crippen LogP contribution >= 0.6 is 22.7 Å². The maximum absolute atomic E-state index is 12.2. The number of carbonyl (C=O) groups excluding carboxylic acids is 1. The van der Waals surface area contributed by atoms with Crippen molar-refractivity contribution in [3.63, 3.8) is 0 Å². The summed E-state index contributed by atoms with van der Waals surface area (Å²) >= 11 is 2.85. The lowest BCUT2D eigenvalue weighted by Gasteiger charge is -2.26. The number of nitrogen functional groups attached to an aromatic ring is 1. The van der Waals surface area contributed by atoms with Gasteiger partial charge in [-0.1, -0.05) is 11.3 Å². The van der Waals surface area contributed by atoms with Gasteiger partial charge in [0.15, 0.2) is 5.13 Å². The fourth-order valence-corrected chi connectivity index (χ4v) is 3.56. The van der Waals surface area contributed by atoms with Gasteiger partial charge < -0.3 is 21.3 Å². The Morgan fingerprint density at radius 1 is 1.48 bits per heavy atom. The van der Waals surface area contributed by atoms with E-state index >= 15 is 0 Å². The molecule has 21 heavy (non-hydrogen) atoms. The van der Waals surface area contributed by atoms with Gasteiger partial charge >= 0.3 is 0 Å². The molecular weight excluding hydrogens is 308 g/mol. The number of hydrogen-bond donors (Lipinski definition) is 3. The van der Waals surface area contributed by atoms with E-state index in [1.165, 1.54) is 22.7 Å². The van der Waals surface area contributed by atoms with Crippen LogP contribution in [0.3, 0.4) is 0 Å². The number of anilines is 2. The molecule has 0 spiro atoms. The first kappa shape index (κ1) is 14.2. The number of piperazine rings is 1. The highest BCUT2D eigenvalue weighted by Gasteiger charge is 2.20. The first-order valence-electron chi connectivity index (χ1n) is 6.61. The molecule has 0 unspecified atom stereocenters. The van der Waals surface area contributed by atoms with Gasteiger partial charge in [-0.2, -0.15) is 0 Å². The van der Waals surface area contributed by atoms with Gasteiger partial charge in [0, 0.05) is 31.6 Å². The summed E-state index contributed by atoms with van der Waals surface area (Å²) in [5.74, 6) is 0.101. The number of carbonyl (C=O) groups is 1. The highest BCUT2D eigenvalue weighted by molar-refractivity contribution is 7.18. The fourth-order valence-electron chi connectivity index (χ4n) is 2.05. The van der Waals surface area contributed by atoms with Crippen LogP contribution in [0.15, 0.2) is 10.9 Å². The van der Waals surface area contributed by atoms with Crippen LogP contribution in [0.2, 0.25) is 0 Å². The van der Waals surface area contributed by atoms with E-state index in [2.05, 4.69) is 25.5 Å². The smallest absolute Gasteiger partial charge is 0.265 e. The Kier molecular flexibility index (Phi) is 4.32. The van der Waals surface area contributed by atoms with E-state index in [0.29, 0.717) is 17.2 Å². The van der Waals surface area contributed by atoms with Gasteiger partial charge in [0.05, 0.1) is 17.7 Å². The minimum absolute atomic E-state index is 0.195. The Hall–Kier alpha value is -1.71. The van der Waals surface area contributed by atoms with E-state index in [4.69, 9.17) is 5.73 Å². The topological polar surface area (TPSA) is 96.2 Å². The molecule has 0 saturated carbocycles. The summed E-state index contributed by atoms with van der Waals surface area (Å²) in [5.41, 5.74) is 8.47. The Morgan fingerprint density at radius 2 is 2.29 bits per heavy atom. The van der Waals surface area contributed by atoms with Crippen molar-refractivity contribution >= 4 is 39.5 Å². The number of rotatable bonds is 4. The predicted molar refractivity (Wildman–Crippen MR) is 84.9 cm³/mol. The quantitative estimate of drug-likeness (QED) is 0.759. The van der Waals surface area contributed by atoms with Crippen molar-refractivity contribution in [3.8, 4) is 0 Å². The van der Waals surface area contributed by atoms with Crippen molar-refractivity contribution in [1.82, 2.24) is 20.6 Å². The number of amides is 1. The van der Waals surface area contributed by atoms with Gasteiger partial charge in [0.2, 0.25) is 0 Å². The molecule has 1 saturated heterocycles. The lowest BCUT2D eigenvalue weighted by Crippen LogP contribution is -2.43. The second kappa shape index (κ2) is 6.37. The average Bonchev–Trinajstić information content (AvgIpc) is 3.15. The van der Waals surface area contributed by atoms with Crippen LogP contribution in [0.1, 0.15) is 15.4 Å². The van der Waals surface area contributed by atoms with Crippen LogP contribution in [0, 0.1) is 0 Å². The molecule has 2 aromatic heterocycles. The minimum Gasteiger partial charge on any atom is -0.382 e. The van der Waals surface area contributed by atoms with E-state index in [1.807, 2.05) is 5.38 Å². The van der Waals surface area contributed by atoms with Crippen LogP contribution in [-0.2, 0) is 6.54 Å². The highest BCUT2D eigenvalue weighted by atomic mass is 32.1. The summed E-state index contributed by atoms with van der Waals surface area (Å²) in [6.45, 7) is 4.01. The number of aromatic nitrogens is 2. The molecule has 112 valence electrons. The van der Waals surface area contributed by atoms with Gasteiger partial charge in [0.1, 0.15) is 10.7 Å². The van der Waals surface area contributed by atoms with Gasteiger partial charge in [-0.3, -0.25) is 4.79 Å². The van der Waals surface area contributed by atoms with Gasteiger partial charge in [-0.05, 0) is 0 Å². The van der Waals surface area contributed by atoms with Crippen molar-refractivity contribution in [1.29, 1.82) is 0 Å². The van der Waals surface area contributed by atoms with E-state index in [9.17, 15) is 4.79 Å². The lowest BCUT2D eigenvalue weighted by atomic mass is 10.4. The zero-order valence-corrected chi connectivity index (χ0v) is 13.0. The fraction of sp³-hybridized carbons (Fsp3) is 0.417. The summed E-state index contributed by atoms with van der Waals surface area (Å²) in [6, 6.07) is 0. The average molecular weight is 324 g/mol. The van der Waals surface area contributed by atoms with Crippen molar-refractivity contribution in [2.75, 3.05) is 36.8 Å². The highest BCUT2D eigenvalue weighted by Crippen LogP contribution is 2.28. The first-order chi connectivity index (χ1) is 10.2. The Labute approximate surface area is 130 Å². The Morgan fingerprint density at radius 3 is 3.00 bits per heavy atom. The molecule has 0 aromatic carbocycles. The van der Waals surface area contributed by atoms with Crippen molar-refractivity contribution in [2.24, 2.45) is 0 Å². The van der Waals surface area contributed by atoms with Gasteiger partial charge in [0.25, 0.3) is 5.91 Å². The van der Waals surface area contributed by atoms with Crippen LogP contribution < -0.4 is 21.3 Å². The number of nitrogens with zero attached hydrogens (tertiary/aromatic N) is 3. The standard InChI is InChI=1S/C12H16N6OS2/c13-10-9(11(19)15-5-8-6-20-7-16-8)21-12(17-10)18-3-1-14-2-4-18/h6-7,14H,1-5,13H2,(H,15,19). The molecule has 0 aliphatic carbocycles. The summed E-state index contributed by atoms with van der Waals surface area (Å²) in [5, 5.41) is 8.82. The molecule has 0 bridgehead atoms. The maximum Gasteiger partial charge on any atom is 0.265 e. The van der Waals surface area contributed by atoms with E-state index in [1.54, 1.807) is 5.51 Å². The van der Waals surface area contributed by atoms with Gasteiger partial charge in [-0.25, -0.2) is 9.97 Å². The van der Waals surface area contributed by atoms with Crippen LogP contribution in [-0.4, -0.2) is 42.1 Å². The zero-order chi connectivity index (χ0) is 14.7. The van der Waals surface area contributed by atoms with Crippen molar-refractivity contribution in [2.45, 2.75) is 6.54 Å². The molecular formula is C12H16N6OS2. The van der Waals surface area contributed by atoms with Gasteiger partial charge in [-0.15, -0.1) is 11.3 Å². The third-order valence-corrected chi connectivity index (χ3v) is 4.92. The molecule has 1 aliphatic heterocycles. The molecule has 0 atom stereocenters. The van der Waals surface area contributed by atoms with E-state index in [-0.39, 0.29) is 5.91 Å². The summed E-state index contributed by atoms with van der Waals surface area (Å²) in [6.07, 6.45) is 0. The summed E-state index contributed by atoms with van der Waals surface area (Å²) in [4.78, 5) is 23.2. The van der Waals surface area contributed by atoms with Crippen LogP contribution in [0.4, 0.5) is 10.9 Å².